The number of nitrogens with two attached hydrogens (primary N) is 1. The molecular formula is C21H16F2N4OS. The zero-order valence-electron chi connectivity index (χ0n) is 15.2. The summed E-state index contributed by atoms with van der Waals surface area (Å²) in [6.45, 7) is -1.10. The Morgan fingerprint density at radius 3 is 2.72 bits per heavy atom. The number of amidine groups is 1. The van der Waals surface area contributed by atoms with Gasteiger partial charge in [-0.2, -0.15) is 5.26 Å². The van der Waals surface area contributed by atoms with Gasteiger partial charge in [0, 0.05) is 23.2 Å². The van der Waals surface area contributed by atoms with Crippen LogP contribution < -0.4 is 5.73 Å². The normalized spacial score (nSPS) is 27.1. The number of nitriles is 1. The molecule has 1 aromatic heterocycles. The molecule has 2 aromatic rings. The van der Waals surface area contributed by atoms with E-state index in [1.54, 1.807) is 12.1 Å². The molecule has 0 amide bonds. The third-order valence-electron chi connectivity index (χ3n) is 5.35. The number of nitrogens with zero attached hydrogens (tertiary/aromatic N) is 3. The Labute approximate surface area is 170 Å². The largest absolute Gasteiger partial charge is 0.395 e. The molecule has 0 bridgehead atoms. The second kappa shape index (κ2) is 7.14. The Kier molecular flexibility index (Phi) is 4.77. The highest BCUT2D eigenvalue weighted by molar-refractivity contribution is 8.15. The van der Waals surface area contributed by atoms with Gasteiger partial charge in [-0.25, -0.2) is 18.8 Å². The van der Waals surface area contributed by atoms with E-state index in [1.807, 2.05) is 6.07 Å². The van der Waals surface area contributed by atoms with Gasteiger partial charge < -0.3 is 10.8 Å². The highest BCUT2D eigenvalue weighted by Crippen LogP contribution is 2.65. The Bertz CT molecular complexity index is 1100. The molecule has 1 saturated carbocycles. The first-order valence-corrected chi connectivity index (χ1v) is 9.67. The average molecular weight is 410 g/mol. The minimum absolute atomic E-state index is 0.0863. The SMILES string of the molecule is N#Cc1ccc(C#Cc2ccc(F)c([C@@]3(CF)N=C(N)S[C@@]4(CO)C[C@H]43)c2)nc1. The molecule has 8 heteroatoms. The van der Waals surface area contributed by atoms with Gasteiger partial charge in [0.15, 0.2) is 5.17 Å². The van der Waals surface area contributed by atoms with E-state index in [9.17, 15) is 13.9 Å². The number of aromatic nitrogens is 1. The molecule has 3 N–H and O–H groups in total. The van der Waals surface area contributed by atoms with Gasteiger partial charge in [-0.1, -0.05) is 17.7 Å². The van der Waals surface area contributed by atoms with Crippen LogP contribution in [-0.4, -0.2) is 33.3 Å². The first-order chi connectivity index (χ1) is 14.0. The number of pyridine rings is 1. The van der Waals surface area contributed by atoms with Crippen LogP contribution in [0.4, 0.5) is 8.78 Å². The van der Waals surface area contributed by atoms with Crippen molar-refractivity contribution in [3.63, 3.8) is 0 Å². The zero-order valence-corrected chi connectivity index (χ0v) is 16.0. The van der Waals surface area contributed by atoms with E-state index in [0.29, 0.717) is 23.2 Å². The second-order valence-corrected chi connectivity index (χ2v) is 8.51. The van der Waals surface area contributed by atoms with Gasteiger partial charge in [-0.15, -0.1) is 0 Å². The van der Waals surface area contributed by atoms with Crippen molar-refractivity contribution < 1.29 is 13.9 Å². The molecule has 1 aromatic carbocycles. The summed E-state index contributed by atoms with van der Waals surface area (Å²) in [5, 5.41) is 18.7. The first-order valence-electron chi connectivity index (χ1n) is 8.86. The lowest BCUT2D eigenvalue weighted by Crippen LogP contribution is -2.41. The molecule has 146 valence electrons. The van der Waals surface area contributed by atoms with Crippen LogP contribution in [0.5, 0.6) is 0 Å². The molecule has 0 radical (unpaired) electrons. The molecule has 5 nitrogen and oxygen atoms in total. The van der Waals surface area contributed by atoms with Crippen LogP contribution in [0, 0.1) is 34.9 Å². The number of benzene rings is 1. The Morgan fingerprint density at radius 1 is 1.28 bits per heavy atom. The molecule has 0 saturated heterocycles. The number of fused-ring (bicyclic) bond motifs is 1. The van der Waals surface area contributed by atoms with E-state index in [0.717, 1.165) is 0 Å². The summed E-state index contributed by atoms with van der Waals surface area (Å²) >= 11 is 1.23. The molecule has 2 aliphatic rings. The van der Waals surface area contributed by atoms with Crippen molar-refractivity contribution in [3.8, 4) is 17.9 Å². The van der Waals surface area contributed by atoms with Crippen LogP contribution in [-0.2, 0) is 5.54 Å². The maximum Gasteiger partial charge on any atom is 0.155 e. The lowest BCUT2D eigenvalue weighted by atomic mass is 9.84. The molecular weight excluding hydrogens is 394 g/mol. The summed E-state index contributed by atoms with van der Waals surface area (Å²) in [5.74, 6) is 4.80. The van der Waals surface area contributed by atoms with E-state index in [-0.39, 0.29) is 23.3 Å². The summed E-state index contributed by atoms with van der Waals surface area (Å²) < 4.78 is 28.4. The zero-order chi connectivity index (χ0) is 20.6. The molecule has 3 atom stereocenters. The van der Waals surface area contributed by atoms with Gasteiger partial charge in [0.1, 0.15) is 29.8 Å². The van der Waals surface area contributed by atoms with Crippen molar-refractivity contribution in [3.05, 3.63) is 64.7 Å². The molecule has 0 spiro atoms. The number of thioether (sulfide) groups is 1. The Balaban J connectivity index is 1.73. The van der Waals surface area contributed by atoms with Crippen molar-refractivity contribution in [2.45, 2.75) is 16.7 Å². The van der Waals surface area contributed by atoms with Gasteiger partial charge >= 0.3 is 0 Å². The fourth-order valence-corrected chi connectivity index (χ4v) is 5.04. The number of hydrogen-bond acceptors (Lipinski definition) is 6. The minimum Gasteiger partial charge on any atom is -0.395 e. The van der Waals surface area contributed by atoms with Crippen LogP contribution >= 0.6 is 11.8 Å². The lowest BCUT2D eigenvalue weighted by molar-refractivity contribution is 0.231. The summed E-state index contributed by atoms with van der Waals surface area (Å²) in [5.41, 5.74) is 5.87. The maximum absolute atomic E-state index is 14.7. The third-order valence-corrected chi connectivity index (χ3v) is 6.64. The van der Waals surface area contributed by atoms with Gasteiger partial charge in [0.2, 0.25) is 0 Å². The van der Waals surface area contributed by atoms with Crippen LogP contribution in [0.3, 0.4) is 0 Å². The predicted molar refractivity (Wildman–Crippen MR) is 106 cm³/mol. The molecule has 1 aliphatic carbocycles. The summed E-state index contributed by atoms with van der Waals surface area (Å²) in [7, 11) is 0. The van der Waals surface area contributed by atoms with E-state index >= 15 is 0 Å². The summed E-state index contributed by atoms with van der Waals surface area (Å²) in [6.07, 6.45) is 1.92. The highest BCUT2D eigenvalue weighted by atomic mass is 32.2. The molecule has 4 rings (SSSR count). The van der Waals surface area contributed by atoms with Crippen molar-refractivity contribution in [1.82, 2.24) is 4.98 Å². The van der Waals surface area contributed by atoms with Gasteiger partial charge in [-0.05, 0) is 42.7 Å². The number of aliphatic imine (C=N–C) groups is 1. The number of rotatable bonds is 3. The fraction of sp³-hybridized carbons (Fsp3) is 0.286. The Morgan fingerprint density at radius 2 is 2.07 bits per heavy atom. The molecule has 2 heterocycles. The number of aliphatic hydroxyl groups excluding tert-OH is 1. The van der Waals surface area contributed by atoms with Crippen molar-refractivity contribution in [1.29, 1.82) is 5.26 Å². The lowest BCUT2D eigenvalue weighted by Gasteiger charge is -2.34. The molecule has 1 aliphatic heterocycles. The topological polar surface area (TPSA) is 95.3 Å². The minimum atomic E-state index is -1.47. The van der Waals surface area contributed by atoms with Crippen molar-refractivity contribution in [2.24, 2.45) is 16.6 Å². The number of hydrogen-bond donors (Lipinski definition) is 2. The van der Waals surface area contributed by atoms with Gasteiger partial charge in [-0.3, -0.25) is 0 Å². The Hall–Kier alpha value is -2.94. The second-order valence-electron chi connectivity index (χ2n) is 7.08. The fourth-order valence-electron chi connectivity index (χ4n) is 3.76. The average Bonchev–Trinajstić information content (AvgIpc) is 3.48. The van der Waals surface area contributed by atoms with E-state index in [1.165, 1.54) is 36.2 Å². The molecule has 0 unspecified atom stereocenters. The monoisotopic (exact) mass is 410 g/mol. The summed E-state index contributed by atoms with van der Waals surface area (Å²) in [4.78, 5) is 8.37. The quantitative estimate of drug-likeness (QED) is 0.758. The van der Waals surface area contributed by atoms with Crippen LogP contribution in [0.15, 0.2) is 41.5 Å². The van der Waals surface area contributed by atoms with Gasteiger partial charge in [0.25, 0.3) is 0 Å². The smallest absolute Gasteiger partial charge is 0.155 e. The highest BCUT2D eigenvalue weighted by Gasteiger charge is 2.68. The van der Waals surface area contributed by atoms with Crippen molar-refractivity contribution in [2.75, 3.05) is 13.3 Å². The molecule has 29 heavy (non-hydrogen) atoms. The molecule has 1 fully saturated rings. The number of aliphatic hydroxyl groups is 1. The van der Waals surface area contributed by atoms with Crippen LogP contribution in [0.25, 0.3) is 0 Å². The standard InChI is InChI=1S/C21H16F2N4OS/c22-11-21(18-8-20(18,12-28)29-19(25)27-21)16-7-13(3-6-17(16)23)1-4-15-5-2-14(9-24)10-26-15/h2-3,5-7,10,18,28H,8,11-12H2,(H2,25,27)/t18-,20-,21-/m1/s1. The summed E-state index contributed by atoms with van der Waals surface area (Å²) in [6, 6.07) is 9.41. The van der Waals surface area contributed by atoms with E-state index in [2.05, 4.69) is 21.8 Å². The number of halogens is 2. The maximum atomic E-state index is 14.7. The van der Waals surface area contributed by atoms with Gasteiger partial charge in [0.05, 0.1) is 16.9 Å². The van der Waals surface area contributed by atoms with Crippen LogP contribution in [0.2, 0.25) is 0 Å². The van der Waals surface area contributed by atoms with Crippen LogP contribution in [0.1, 0.15) is 28.8 Å². The van der Waals surface area contributed by atoms with E-state index in [4.69, 9.17) is 11.0 Å². The number of alkyl halides is 1. The van der Waals surface area contributed by atoms with Crippen molar-refractivity contribution >= 4 is 16.9 Å². The predicted octanol–water partition coefficient (Wildman–Crippen LogP) is 2.47. The first kappa shape index (κ1) is 19.4. The third kappa shape index (κ3) is 3.25. The van der Waals surface area contributed by atoms with E-state index < -0.39 is 22.8 Å².